The molecule has 22 heavy (non-hydrogen) atoms. The van der Waals surface area contributed by atoms with E-state index >= 15 is 0 Å². The molecular weight excluding hydrogens is 280 g/mol. The van der Waals surface area contributed by atoms with Gasteiger partial charge in [0.15, 0.2) is 5.76 Å². The third-order valence-electron chi connectivity index (χ3n) is 4.30. The molecule has 0 atom stereocenters. The van der Waals surface area contributed by atoms with Crippen molar-refractivity contribution in [1.29, 1.82) is 0 Å². The van der Waals surface area contributed by atoms with Gasteiger partial charge in [0.1, 0.15) is 11.5 Å². The Labute approximate surface area is 130 Å². The zero-order valence-corrected chi connectivity index (χ0v) is 13.2. The number of rotatable bonds is 3. The highest BCUT2D eigenvalue weighted by molar-refractivity contribution is 5.91. The van der Waals surface area contributed by atoms with Crippen LogP contribution in [-0.2, 0) is 6.42 Å². The van der Waals surface area contributed by atoms with Crippen molar-refractivity contribution in [3.8, 4) is 0 Å². The number of aromatic nitrogens is 1. The van der Waals surface area contributed by atoms with Crippen LogP contribution >= 0.6 is 0 Å². The predicted molar refractivity (Wildman–Crippen MR) is 81.9 cm³/mol. The molecule has 0 bridgehead atoms. The van der Waals surface area contributed by atoms with Gasteiger partial charge in [-0.25, -0.2) is 0 Å². The summed E-state index contributed by atoms with van der Waals surface area (Å²) in [6.45, 7) is 5.47. The Hall–Kier alpha value is -2.04. The summed E-state index contributed by atoms with van der Waals surface area (Å²) in [4.78, 5) is 14.4. The van der Waals surface area contributed by atoms with Crippen LogP contribution < -0.4 is 0 Å². The van der Waals surface area contributed by atoms with Gasteiger partial charge in [0, 0.05) is 25.1 Å². The van der Waals surface area contributed by atoms with Crippen molar-refractivity contribution >= 4 is 5.91 Å². The fraction of sp³-hybridized carbons (Fsp3) is 0.529. The average Bonchev–Trinajstić information content (AvgIpc) is 2.98. The van der Waals surface area contributed by atoms with Crippen LogP contribution in [0.15, 0.2) is 21.1 Å². The van der Waals surface area contributed by atoms with E-state index in [1.54, 1.807) is 6.07 Å². The Morgan fingerprint density at radius 2 is 1.91 bits per heavy atom. The van der Waals surface area contributed by atoms with Crippen molar-refractivity contribution in [1.82, 2.24) is 10.1 Å². The zero-order valence-electron chi connectivity index (χ0n) is 13.2. The molecule has 2 aromatic rings. The molecule has 0 unspecified atom stereocenters. The van der Waals surface area contributed by atoms with Gasteiger partial charge in [-0.15, -0.1) is 0 Å². The van der Waals surface area contributed by atoms with Crippen LogP contribution in [0, 0.1) is 13.8 Å². The minimum absolute atomic E-state index is 0.00640. The first kappa shape index (κ1) is 14.9. The largest absolute Gasteiger partial charge is 0.456 e. The molecule has 0 aliphatic carbocycles. The van der Waals surface area contributed by atoms with Crippen LogP contribution in [0.25, 0.3) is 0 Å². The number of hydrogen-bond acceptors (Lipinski definition) is 4. The average molecular weight is 302 g/mol. The van der Waals surface area contributed by atoms with E-state index in [1.807, 2.05) is 24.8 Å². The first-order valence-corrected chi connectivity index (χ1v) is 7.95. The van der Waals surface area contributed by atoms with Gasteiger partial charge in [-0.1, -0.05) is 18.0 Å². The Bertz CT molecular complexity index is 629. The molecular formula is C17H22N2O3. The van der Waals surface area contributed by atoms with Gasteiger partial charge in [-0.2, -0.15) is 0 Å². The quantitative estimate of drug-likeness (QED) is 0.870. The summed E-state index contributed by atoms with van der Waals surface area (Å²) in [5.74, 6) is 2.01. The highest BCUT2D eigenvalue weighted by atomic mass is 16.5. The third kappa shape index (κ3) is 3.08. The van der Waals surface area contributed by atoms with Crippen molar-refractivity contribution in [3.63, 3.8) is 0 Å². The van der Waals surface area contributed by atoms with E-state index in [1.165, 1.54) is 12.8 Å². The molecule has 1 saturated heterocycles. The summed E-state index contributed by atoms with van der Waals surface area (Å²) in [6, 6.07) is 3.65. The number of furan rings is 1. The molecule has 1 aliphatic rings. The molecule has 0 N–H and O–H groups in total. The predicted octanol–water partition coefficient (Wildman–Crippen LogP) is 3.49. The van der Waals surface area contributed by atoms with Gasteiger partial charge in [0.05, 0.1) is 5.69 Å². The molecule has 1 aliphatic heterocycles. The molecule has 3 rings (SSSR count). The van der Waals surface area contributed by atoms with Gasteiger partial charge in [0.25, 0.3) is 5.91 Å². The van der Waals surface area contributed by atoms with E-state index in [0.29, 0.717) is 12.2 Å². The van der Waals surface area contributed by atoms with Crippen molar-refractivity contribution in [2.45, 2.75) is 46.0 Å². The third-order valence-corrected chi connectivity index (χ3v) is 4.30. The van der Waals surface area contributed by atoms with E-state index in [-0.39, 0.29) is 5.91 Å². The number of likely N-dealkylation sites (tertiary alicyclic amines) is 1. The second-order valence-corrected chi connectivity index (χ2v) is 5.95. The second-order valence-electron chi connectivity index (χ2n) is 5.95. The van der Waals surface area contributed by atoms with Gasteiger partial charge < -0.3 is 13.8 Å². The van der Waals surface area contributed by atoms with Crippen LogP contribution in [0.3, 0.4) is 0 Å². The van der Waals surface area contributed by atoms with Gasteiger partial charge in [0.2, 0.25) is 0 Å². The summed E-state index contributed by atoms with van der Waals surface area (Å²) in [5.41, 5.74) is 1.90. The summed E-state index contributed by atoms with van der Waals surface area (Å²) in [7, 11) is 0. The normalized spacial score (nSPS) is 15.8. The van der Waals surface area contributed by atoms with Crippen LogP contribution in [0.1, 0.15) is 59.0 Å². The number of hydrogen-bond donors (Lipinski definition) is 0. The number of carbonyl (C=O) groups is 1. The number of nitrogens with zero attached hydrogens (tertiary/aromatic N) is 2. The molecule has 5 heteroatoms. The second kappa shape index (κ2) is 6.38. The van der Waals surface area contributed by atoms with Crippen molar-refractivity contribution < 1.29 is 13.7 Å². The molecule has 1 amide bonds. The molecule has 1 fully saturated rings. The van der Waals surface area contributed by atoms with Gasteiger partial charge in [-0.3, -0.25) is 4.79 Å². The lowest BCUT2D eigenvalue weighted by Crippen LogP contribution is -2.31. The van der Waals surface area contributed by atoms with E-state index in [9.17, 15) is 4.79 Å². The Kier molecular flexibility index (Phi) is 4.32. The van der Waals surface area contributed by atoms with E-state index in [0.717, 1.165) is 48.7 Å². The lowest BCUT2D eigenvalue weighted by molar-refractivity contribution is 0.0728. The molecule has 0 aromatic carbocycles. The monoisotopic (exact) mass is 302 g/mol. The zero-order chi connectivity index (χ0) is 15.5. The number of amides is 1. The topological polar surface area (TPSA) is 59.5 Å². The van der Waals surface area contributed by atoms with Crippen LogP contribution in [0.4, 0.5) is 0 Å². The molecule has 2 aromatic heterocycles. The lowest BCUT2D eigenvalue weighted by atomic mass is 10.1. The number of aryl methyl sites for hydroxylation is 2. The maximum Gasteiger partial charge on any atom is 0.289 e. The van der Waals surface area contributed by atoms with Crippen LogP contribution in [0.5, 0.6) is 0 Å². The SMILES string of the molecule is Cc1noc(C)c1Cc1ccc(C(=O)N2CCCCCC2)o1. The van der Waals surface area contributed by atoms with Gasteiger partial charge >= 0.3 is 0 Å². The van der Waals surface area contributed by atoms with Crippen molar-refractivity contribution in [2.75, 3.05) is 13.1 Å². The molecule has 0 spiro atoms. The first-order chi connectivity index (χ1) is 10.6. The molecule has 3 heterocycles. The fourth-order valence-corrected chi connectivity index (χ4v) is 2.95. The highest BCUT2D eigenvalue weighted by Crippen LogP contribution is 2.20. The van der Waals surface area contributed by atoms with E-state index in [4.69, 9.17) is 8.94 Å². The first-order valence-electron chi connectivity index (χ1n) is 7.95. The van der Waals surface area contributed by atoms with Gasteiger partial charge in [-0.05, 0) is 38.8 Å². The van der Waals surface area contributed by atoms with E-state index in [2.05, 4.69) is 5.16 Å². The maximum atomic E-state index is 12.5. The molecule has 5 nitrogen and oxygen atoms in total. The summed E-state index contributed by atoms with van der Waals surface area (Å²) in [5, 5.41) is 3.95. The van der Waals surface area contributed by atoms with Crippen molar-refractivity contribution in [2.24, 2.45) is 0 Å². The van der Waals surface area contributed by atoms with Crippen LogP contribution in [0.2, 0.25) is 0 Å². The maximum absolute atomic E-state index is 12.5. The standard InChI is InChI=1S/C17H22N2O3/c1-12-15(13(2)22-18-12)11-14-7-8-16(21-14)17(20)19-9-5-3-4-6-10-19/h7-8H,3-6,9-11H2,1-2H3. The summed E-state index contributed by atoms with van der Waals surface area (Å²) < 4.78 is 10.9. The minimum Gasteiger partial charge on any atom is -0.456 e. The molecule has 118 valence electrons. The minimum atomic E-state index is 0.00640. The van der Waals surface area contributed by atoms with E-state index < -0.39 is 0 Å². The number of carbonyl (C=O) groups excluding carboxylic acids is 1. The fourth-order valence-electron chi connectivity index (χ4n) is 2.95. The summed E-state index contributed by atoms with van der Waals surface area (Å²) >= 11 is 0. The molecule has 0 radical (unpaired) electrons. The Morgan fingerprint density at radius 1 is 1.18 bits per heavy atom. The highest BCUT2D eigenvalue weighted by Gasteiger charge is 2.21. The Balaban J connectivity index is 1.71. The Morgan fingerprint density at radius 3 is 2.55 bits per heavy atom. The summed E-state index contributed by atoms with van der Waals surface area (Å²) in [6.07, 6.45) is 5.18. The van der Waals surface area contributed by atoms with Crippen molar-refractivity contribution in [3.05, 3.63) is 40.7 Å². The van der Waals surface area contributed by atoms with Crippen LogP contribution in [-0.4, -0.2) is 29.1 Å². The molecule has 0 saturated carbocycles. The smallest absolute Gasteiger partial charge is 0.289 e. The lowest BCUT2D eigenvalue weighted by Gasteiger charge is -2.18.